The second-order valence-corrected chi connectivity index (χ2v) is 5.30. The molecular weight excluding hydrogens is 339 g/mol. The Hall–Kier alpha value is -2.08. The van der Waals surface area contributed by atoms with Crippen LogP contribution in [0.15, 0.2) is 40.9 Å². The van der Waals surface area contributed by atoms with Gasteiger partial charge in [-0.2, -0.15) is 0 Å². The van der Waals surface area contributed by atoms with Gasteiger partial charge < -0.3 is 15.8 Å². The molecule has 0 bridgehead atoms. The summed E-state index contributed by atoms with van der Waals surface area (Å²) < 4.78 is 19.5. The summed E-state index contributed by atoms with van der Waals surface area (Å²) in [6.45, 7) is 0.410. The standard InChI is InChI=1S/C15H14BrFN2O2/c1-21-11-4-2-3-9(5-11)8-19-13-7-10(16)6-12(17)14(13)15(18)20/h2-7,19H,8H2,1H3,(H2,18,20). The molecule has 110 valence electrons. The van der Waals surface area contributed by atoms with Crippen LogP contribution in [0.1, 0.15) is 15.9 Å². The molecule has 0 saturated heterocycles. The van der Waals surface area contributed by atoms with E-state index in [9.17, 15) is 9.18 Å². The molecule has 0 fully saturated rings. The topological polar surface area (TPSA) is 64.3 Å². The number of hydrogen-bond acceptors (Lipinski definition) is 3. The summed E-state index contributed by atoms with van der Waals surface area (Å²) in [5.41, 5.74) is 6.35. The molecule has 2 aromatic carbocycles. The van der Waals surface area contributed by atoms with Gasteiger partial charge in [0, 0.05) is 11.0 Å². The Kier molecular flexibility index (Phi) is 4.80. The van der Waals surface area contributed by atoms with Crippen LogP contribution in [0.3, 0.4) is 0 Å². The molecule has 0 atom stereocenters. The quantitative estimate of drug-likeness (QED) is 0.867. The summed E-state index contributed by atoms with van der Waals surface area (Å²) in [4.78, 5) is 11.4. The third kappa shape index (κ3) is 3.72. The maximum Gasteiger partial charge on any atom is 0.253 e. The highest BCUT2D eigenvalue weighted by atomic mass is 79.9. The molecule has 0 aliphatic carbocycles. The predicted molar refractivity (Wildman–Crippen MR) is 82.9 cm³/mol. The largest absolute Gasteiger partial charge is 0.497 e. The van der Waals surface area contributed by atoms with Crippen LogP contribution in [0.25, 0.3) is 0 Å². The molecule has 0 aromatic heterocycles. The molecule has 0 radical (unpaired) electrons. The first-order chi connectivity index (χ1) is 10.0. The molecule has 1 amide bonds. The monoisotopic (exact) mass is 352 g/mol. The minimum atomic E-state index is -0.812. The molecule has 0 aliphatic rings. The summed E-state index contributed by atoms with van der Waals surface area (Å²) in [5.74, 6) is -0.747. The van der Waals surface area contributed by atoms with Crippen LogP contribution in [-0.4, -0.2) is 13.0 Å². The van der Waals surface area contributed by atoms with E-state index in [0.29, 0.717) is 16.7 Å². The number of methoxy groups -OCH3 is 1. The number of hydrogen-bond donors (Lipinski definition) is 2. The van der Waals surface area contributed by atoms with Crippen LogP contribution in [-0.2, 0) is 6.54 Å². The average Bonchev–Trinajstić information content (AvgIpc) is 2.44. The van der Waals surface area contributed by atoms with Crippen LogP contribution >= 0.6 is 15.9 Å². The molecule has 6 heteroatoms. The van der Waals surface area contributed by atoms with Crippen molar-refractivity contribution in [2.45, 2.75) is 6.54 Å². The fourth-order valence-electron chi connectivity index (χ4n) is 1.94. The highest BCUT2D eigenvalue weighted by molar-refractivity contribution is 9.10. The van der Waals surface area contributed by atoms with E-state index in [0.717, 1.165) is 11.3 Å². The van der Waals surface area contributed by atoms with E-state index in [4.69, 9.17) is 10.5 Å². The summed E-state index contributed by atoms with van der Waals surface area (Å²) in [6.07, 6.45) is 0. The lowest BCUT2D eigenvalue weighted by Gasteiger charge is -2.12. The number of nitrogens with one attached hydrogen (secondary N) is 1. The van der Waals surface area contributed by atoms with Gasteiger partial charge in [0.15, 0.2) is 0 Å². The van der Waals surface area contributed by atoms with Crippen LogP contribution in [0.5, 0.6) is 5.75 Å². The third-order valence-corrected chi connectivity index (χ3v) is 3.38. The van der Waals surface area contributed by atoms with Gasteiger partial charge in [0.05, 0.1) is 18.4 Å². The maximum absolute atomic E-state index is 13.8. The van der Waals surface area contributed by atoms with E-state index >= 15 is 0 Å². The fraction of sp³-hybridized carbons (Fsp3) is 0.133. The lowest BCUT2D eigenvalue weighted by atomic mass is 10.1. The van der Waals surface area contributed by atoms with Crippen molar-refractivity contribution in [2.75, 3.05) is 12.4 Å². The van der Waals surface area contributed by atoms with Crippen molar-refractivity contribution in [3.8, 4) is 5.75 Å². The summed E-state index contributed by atoms with van der Waals surface area (Å²) >= 11 is 3.19. The molecule has 0 aliphatic heterocycles. The van der Waals surface area contributed by atoms with Gasteiger partial charge in [-0.25, -0.2) is 4.39 Å². The van der Waals surface area contributed by atoms with E-state index in [1.807, 2.05) is 24.3 Å². The maximum atomic E-state index is 13.8. The van der Waals surface area contributed by atoms with Crippen molar-refractivity contribution in [1.29, 1.82) is 0 Å². The highest BCUT2D eigenvalue weighted by Crippen LogP contribution is 2.25. The van der Waals surface area contributed by atoms with Gasteiger partial charge in [-0.3, -0.25) is 4.79 Å². The Labute approximate surface area is 130 Å². The van der Waals surface area contributed by atoms with Crippen molar-refractivity contribution >= 4 is 27.5 Å². The summed E-state index contributed by atoms with van der Waals surface area (Å²) in [5, 5.41) is 3.02. The second kappa shape index (κ2) is 6.58. The molecule has 4 nitrogen and oxygen atoms in total. The number of primary amides is 1. The number of amides is 1. The smallest absolute Gasteiger partial charge is 0.253 e. The zero-order chi connectivity index (χ0) is 15.4. The van der Waals surface area contributed by atoms with Crippen LogP contribution in [0.4, 0.5) is 10.1 Å². The van der Waals surface area contributed by atoms with Gasteiger partial charge >= 0.3 is 0 Å². The number of benzene rings is 2. The van der Waals surface area contributed by atoms with Crippen LogP contribution in [0.2, 0.25) is 0 Å². The van der Waals surface area contributed by atoms with E-state index in [1.165, 1.54) is 6.07 Å². The second-order valence-electron chi connectivity index (χ2n) is 4.38. The molecule has 21 heavy (non-hydrogen) atoms. The fourth-order valence-corrected chi connectivity index (χ4v) is 2.37. The van der Waals surface area contributed by atoms with Gasteiger partial charge in [0.25, 0.3) is 5.91 Å². The molecule has 0 unspecified atom stereocenters. The lowest BCUT2D eigenvalue weighted by molar-refractivity contribution is 0.0997. The number of rotatable bonds is 5. The lowest BCUT2D eigenvalue weighted by Crippen LogP contribution is -2.16. The number of carbonyl (C=O) groups is 1. The first-order valence-electron chi connectivity index (χ1n) is 6.17. The summed E-state index contributed by atoms with van der Waals surface area (Å²) in [6, 6.07) is 10.3. The van der Waals surface area contributed by atoms with E-state index < -0.39 is 11.7 Å². The van der Waals surface area contributed by atoms with E-state index in [-0.39, 0.29) is 5.56 Å². The molecule has 2 aromatic rings. The molecule has 0 saturated carbocycles. The first-order valence-corrected chi connectivity index (χ1v) is 6.96. The van der Waals surface area contributed by atoms with Crippen molar-refractivity contribution in [1.82, 2.24) is 0 Å². The van der Waals surface area contributed by atoms with Crippen molar-refractivity contribution in [3.05, 3.63) is 57.8 Å². The van der Waals surface area contributed by atoms with Crippen LogP contribution in [0, 0.1) is 5.82 Å². The van der Waals surface area contributed by atoms with E-state index in [1.54, 1.807) is 13.2 Å². The Morgan fingerprint density at radius 3 is 2.81 bits per heavy atom. The Morgan fingerprint density at radius 2 is 2.14 bits per heavy atom. The Bertz CT molecular complexity index is 677. The SMILES string of the molecule is COc1cccc(CNc2cc(Br)cc(F)c2C(N)=O)c1. The van der Waals surface area contributed by atoms with Gasteiger partial charge in [0.2, 0.25) is 0 Å². The Morgan fingerprint density at radius 1 is 1.38 bits per heavy atom. The number of halogens is 2. The van der Waals surface area contributed by atoms with Gasteiger partial charge in [-0.15, -0.1) is 0 Å². The summed E-state index contributed by atoms with van der Waals surface area (Å²) in [7, 11) is 1.58. The van der Waals surface area contributed by atoms with Crippen molar-refractivity contribution in [2.24, 2.45) is 5.73 Å². The number of carbonyl (C=O) groups excluding carboxylic acids is 1. The minimum Gasteiger partial charge on any atom is -0.497 e. The number of ether oxygens (including phenoxy) is 1. The first kappa shape index (κ1) is 15.3. The number of nitrogens with two attached hydrogens (primary N) is 1. The van der Waals surface area contributed by atoms with Crippen molar-refractivity contribution < 1.29 is 13.9 Å². The van der Waals surface area contributed by atoms with Gasteiger partial charge in [-0.05, 0) is 29.8 Å². The highest BCUT2D eigenvalue weighted by Gasteiger charge is 2.15. The molecule has 0 spiro atoms. The molecule has 3 N–H and O–H groups in total. The molecule has 2 rings (SSSR count). The van der Waals surface area contributed by atoms with E-state index in [2.05, 4.69) is 21.2 Å². The minimum absolute atomic E-state index is 0.152. The molecule has 0 heterocycles. The van der Waals surface area contributed by atoms with Crippen LogP contribution < -0.4 is 15.8 Å². The predicted octanol–water partition coefficient (Wildman–Crippen LogP) is 3.31. The third-order valence-electron chi connectivity index (χ3n) is 2.92. The average molecular weight is 353 g/mol. The zero-order valence-corrected chi connectivity index (χ0v) is 12.9. The van der Waals surface area contributed by atoms with Gasteiger partial charge in [0.1, 0.15) is 11.6 Å². The zero-order valence-electron chi connectivity index (χ0n) is 11.3. The normalized spacial score (nSPS) is 10.2. The molecular formula is C15H14BrFN2O2. The Balaban J connectivity index is 2.25. The van der Waals surface area contributed by atoms with Gasteiger partial charge in [-0.1, -0.05) is 28.1 Å². The van der Waals surface area contributed by atoms with Crippen molar-refractivity contribution in [3.63, 3.8) is 0 Å². The number of anilines is 1.